The lowest BCUT2D eigenvalue weighted by Crippen LogP contribution is -2.10. The lowest BCUT2D eigenvalue weighted by Gasteiger charge is -2.23. The van der Waals surface area contributed by atoms with Crippen molar-refractivity contribution in [2.75, 3.05) is 0 Å². The van der Waals surface area contributed by atoms with Crippen LogP contribution >= 0.6 is 0 Å². The third kappa shape index (κ3) is 3.72. The molecule has 4 heteroatoms. The second-order valence-electron chi connectivity index (χ2n) is 5.38. The Morgan fingerprint density at radius 2 is 1.63 bits per heavy atom. The fraction of sp³-hybridized carbons (Fsp3) is 0.600. The van der Waals surface area contributed by atoms with Crippen LogP contribution in [0, 0.1) is 23.4 Å². The molecule has 1 atom stereocenters. The normalized spacial score (nSPS) is 18.5. The van der Waals surface area contributed by atoms with E-state index >= 15 is 0 Å². The van der Waals surface area contributed by atoms with Gasteiger partial charge in [-0.2, -0.15) is 0 Å². The van der Waals surface area contributed by atoms with Crippen LogP contribution in [0.25, 0.3) is 0 Å². The summed E-state index contributed by atoms with van der Waals surface area (Å²) < 4.78 is 39.8. The van der Waals surface area contributed by atoms with Gasteiger partial charge in [-0.25, -0.2) is 13.2 Å². The van der Waals surface area contributed by atoms with Gasteiger partial charge < -0.3 is 5.11 Å². The molecule has 19 heavy (non-hydrogen) atoms. The standard InChI is InChI=1S/C15H19F3O/c16-11-8-12(17)15(13(18)9-11)14(19)7-6-10-4-2-1-3-5-10/h8-10,14,19H,1-7H2. The quantitative estimate of drug-likeness (QED) is 0.855. The minimum absolute atomic E-state index is 0.324. The van der Waals surface area contributed by atoms with E-state index in [0.29, 0.717) is 24.5 Å². The molecule has 106 valence electrons. The van der Waals surface area contributed by atoms with Gasteiger partial charge in [-0.3, -0.25) is 0 Å². The zero-order valence-electron chi connectivity index (χ0n) is 10.8. The van der Waals surface area contributed by atoms with Crippen LogP contribution < -0.4 is 0 Å². The summed E-state index contributed by atoms with van der Waals surface area (Å²) in [6.45, 7) is 0. The Hall–Kier alpha value is -1.03. The Morgan fingerprint density at radius 1 is 1.05 bits per heavy atom. The van der Waals surface area contributed by atoms with Gasteiger partial charge in [-0.1, -0.05) is 32.1 Å². The summed E-state index contributed by atoms with van der Waals surface area (Å²) in [4.78, 5) is 0. The van der Waals surface area contributed by atoms with Gasteiger partial charge in [0.05, 0.1) is 11.7 Å². The van der Waals surface area contributed by atoms with E-state index in [0.717, 1.165) is 19.3 Å². The Kier molecular flexibility index (Phi) is 4.86. The summed E-state index contributed by atoms with van der Waals surface area (Å²) >= 11 is 0. The lowest BCUT2D eigenvalue weighted by atomic mass is 9.85. The third-order valence-electron chi connectivity index (χ3n) is 3.95. The highest BCUT2D eigenvalue weighted by molar-refractivity contribution is 5.23. The molecule has 0 heterocycles. The fourth-order valence-electron chi connectivity index (χ4n) is 2.89. The minimum Gasteiger partial charge on any atom is -0.388 e. The SMILES string of the molecule is OC(CCC1CCCCC1)c1c(F)cc(F)cc1F. The average Bonchev–Trinajstić information content (AvgIpc) is 2.36. The van der Waals surface area contributed by atoms with Crippen molar-refractivity contribution in [3.63, 3.8) is 0 Å². The molecular formula is C15H19F3O. The molecule has 1 aromatic rings. The van der Waals surface area contributed by atoms with Crippen LogP contribution in [0.5, 0.6) is 0 Å². The van der Waals surface area contributed by atoms with Crippen LogP contribution in [0.4, 0.5) is 13.2 Å². The Morgan fingerprint density at radius 3 is 2.21 bits per heavy atom. The van der Waals surface area contributed by atoms with Gasteiger partial charge in [0.15, 0.2) is 0 Å². The summed E-state index contributed by atoms with van der Waals surface area (Å²) in [6.07, 6.45) is 5.78. The molecular weight excluding hydrogens is 253 g/mol. The Balaban J connectivity index is 1.97. The largest absolute Gasteiger partial charge is 0.388 e. The van der Waals surface area contributed by atoms with Gasteiger partial charge in [-0.05, 0) is 18.8 Å². The van der Waals surface area contributed by atoms with Crippen LogP contribution in [-0.2, 0) is 0 Å². The highest BCUT2D eigenvalue weighted by Gasteiger charge is 2.21. The van der Waals surface area contributed by atoms with E-state index in [-0.39, 0.29) is 0 Å². The van der Waals surface area contributed by atoms with Crippen molar-refractivity contribution in [2.45, 2.75) is 51.0 Å². The van der Waals surface area contributed by atoms with E-state index < -0.39 is 29.1 Å². The highest BCUT2D eigenvalue weighted by atomic mass is 19.1. The van der Waals surface area contributed by atoms with Crippen molar-refractivity contribution in [1.29, 1.82) is 0 Å². The first-order valence-corrected chi connectivity index (χ1v) is 6.90. The molecule has 1 aromatic carbocycles. The predicted molar refractivity (Wildman–Crippen MR) is 67.1 cm³/mol. The summed E-state index contributed by atoms with van der Waals surface area (Å²) in [7, 11) is 0. The second-order valence-corrected chi connectivity index (χ2v) is 5.38. The predicted octanol–water partition coefficient (Wildman–Crippen LogP) is 4.50. The number of benzene rings is 1. The van der Waals surface area contributed by atoms with Crippen LogP contribution in [0.2, 0.25) is 0 Å². The molecule has 1 aliphatic rings. The van der Waals surface area contributed by atoms with Gasteiger partial charge >= 0.3 is 0 Å². The van der Waals surface area contributed by atoms with Crippen molar-refractivity contribution >= 4 is 0 Å². The fourth-order valence-corrected chi connectivity index (χ4v) is 2.89. The average molecular weight is 272 g/mol. The van der Waals surface area contributed by atoms with E-state index in [1.54, 1.807) is 0 Å². The monoisotopic (exact) mass is 272 g/mol. The van der Waals surface area contributed by atoms with Crippen molar-refractivity contribution in [3.05, 3.63) is 35.1 Å². The molecule has 0 amide bonds. The van der Waals surface area contributed by atoms with Gasteiger partial charge in [0.1, 0.15) is 17.5 Å². The number of halogens is 3. The summed E-state index contributed by atoms with van der Waals surface area (Å²) in [6, 6.07) is 1.23. The first kappa shape index (κ1) is 14.4. The number of aliphatic hydroxyl groups is 1. The Bertz CT molecular complexity index is 404. The smallest absolute Gasteiger partial charge is 0.134 e. The molecule has 0 aromatic heterocycles. The molecule has 0 aliphatic heterocycles. The molecule has 1 saturated carbocycles. The first-order chi connectivity index (χ1) is 9.08. The highest BCUT2D eigenvalue weighted by Crippen LogP contribution is 2.32. The first-order valence-electron chi connectivity index (χ1n) is 6.90. The molecule has 0 radical (unpaired) electrons. The number of hydrogen-bond acceptors (Lipinski definition) is 1. The van der Waals surface area contributed by atoms with Crippen LogP contribution in [0.3, 0.4) is 0 Å². The minimum atomic E-state index is -1.19. The van der Waals surface area contributed by atoms with Gasteiger partial charge in [0, 0.05) is 12.1 Å². The van der Waals surface area contributed by atoms with Gasteiger partial charge in [-0.15, -0.1) is 0 Å². The van der Waals surface area contributed by atoms with Crippen LogP contribution in [0.15, 0.2) is 12.1 Å². The summed E-state index contributed by atoms with van der Waals surface area (Å²) in [5.74, 6) is -2.43. The number of rotatable bonds is 4. The molecule has 1 N–H and O–H groups in total. The van der Waals surface area contributed by atoms with E-state index in [1.165, 1.54) is 19.3 Å². The van der Waals surface area contributed by atoms with Crippen LogP contribution in [0.1, 0.15) is 56.6 Å². The maximum atomic E-state index is 13.5. The molecule has 0 saturated heterocycles. The molecule has 1 nitrogen and oxygen atoms in total. The van der Waals surface area contributed by atoms with E-state index in [4.69, 9.17) is 0 Å². The van der Waals surface area contributed by atoms with Crippen LogP contribution in [-0.4, -0.2) is 5.11 Å². The number of aliphatic hydroxyl groups excluding tert-OH is 1. The second kappa shape index (κ2) is 6.42. The molecule has 1 fully saturated rings. The van der Waals surface area contributed by atoms with Gasteiger partial charge in [0.2, 0.25) is 0 Å². The van der Waals surface area contributed by atoms with Gasteiger partial charge in [0.25, 0.3) is 0 Å². The maximum Gasteiger partial charge on any atom is 0.134 e. The van der Waals surface area contributed by atoms with E-state index in [9.17, 15) is 18.3 Å². The van der Waals surface area contributed by atoms with Crippen molar-refractivity contribution in [3.8, 4) is 0 Å². The summed E-state index contributed by atoms with van der Waals surface area (Å²) in [5.41, 5.74) is -0.405. The molecule has 1 aliphatic carbocycles. The van der Waals surface area contributed by atoms with Crippen molar-refractivity contribution in [2.24, 2.45) is 5.92 Å². The molecule has 0 bridgehead atoms. The lowest BCUT2D eigenvalue weighted by molar-refractivity contribution is 0.142. The maximum absolute atomic E-state index is 13.5. The topological polar surface area (TPSA) is 20.2 Å². The zero-order valence-corrected chi connectivity index (χ0v) is 10.8. The molecule has 0 spiro atoms. The Labute approximate surface area is 111 Å². The van der Waals surface area contributed by atoms with Crippen molar-refractivity contribution in [1.82, 2.24) is 0 Å². The number of hydrogen-bond donors (Lipinski definition) is 1. The van der Waals surface area contributed by atoms with E-state index in [1.807, 2.05) is 0 Å². The third-order valence-corrected chi connectivity index (χ3v) is 3.95. The van der Waals surface area contributed by atoms with Crippen molar-refractivity contribution < 1.29 is 18.3 Å². The molecule has 2 rings (SSSR count). The molecule has 1 unspecified atom stereocenters. The van der Waals surface area contributed by atoms with E-state index in [2.05, 4.69) is 0 Å². The zero-order chi connectivity index (χ0) is 13.8. The summed E-state index contributed by atoms with van der Waals surface area (Å²) in [5, 5.41) is 9.90.